The second-order valence-electron chi connectivity index (χ2n) is 20.2. The van der Waals surface area contributed by atoms with E-state index in [1.807, 2.05) is 6.08 Å². The molecule has 0 spiro atoms. The Labute approximate surface area is 436 Å². The van der Waals surface area contributed by atoms with Gasteiger partial charge in [0.2, 0.25) is 0 Å². The van der Waals surface area contributed by atoms with E-state index in [-0.39, 0.29) is 25.2 Å². The van der Waals surface area contributed by atoms with E-state index in [1.54, 1.807) is 0 Å². The van der Waals surface area contributed by atoms with Crippen LogP contribution in [0, 0.1) is 0 Å². The number of rotatable bonds is 56. The lowest BCUT2D eigenvalue weighted by Gasteiger charge is -2.18. The van der Waals surface area contributed by atoms with Gasteiger partial charge in [-0.05, 0) is 57.8 Å². The molecule has 0 fully saturated rings. The van der Waals surface area contributed by atoms with Gasteiger partial charge in [-0.1, -0.05) is 306 Å². The van der Waals surface area contributed by atoms with Crippen LogP contribution in [0.2, 0.25) is 0 Å². The number of hydrogen-bond donors (Lipinski definition) is 0. The Hall–Kier alpha value is -2.66. The van der Waals surface area contributed by atoms with Crippen LogP contribution in [0.1, 0.15) is 303 Å². The molecule has 0 radical (unpaired) electrons. The molecule has 70 heavy (non-hydrogen) atoms. The third-order valence-corrected chi connectivity index (χ3v) is 13.3. The molecule has 0 aliphatic rings. The van der Waals surface area contributed by atoms with Crippen LogP contribution in [0.5, 0.6) is 0 Å². The molecule has 0 saturated carbocycles. The van der Waals surface area contributed by atoms with Crippen molar-refractivity contribution in [3.8, 4) is 0 Å². The topological polar surface area (TPSA) is 61.8 Å². The minimum atomic E-state index is -0.566. The maximum absolute atomic E-state index is 12.9. The quantitative estimate of drug-likeness (QED) is 0.0345. The molecule has 0 heterocycles. The van der Waals surface area contributed by atoms with Crippen molar-refractivity contribution in [2.24, 2.45) is 0 Å². The van der Waals surface area contributed by atoms with Crippen LogP contribution in [0.15, 0.2) is 72.9 Å². The normalized spacial score (nSPS) is 12.7. The first-order chi connectivity index (χ1) is 34.6. The number of carbonyl (C=O) groups is 2. The Morgan fingerprint density at radius 2 is 0.643 bits per heavy atom. The van der Waals surface area contributed by atoms with Gasteiger partial charge >= 0.3 is 11.9 Å². The van der Waals surface area contributed by atoms with Crippen molar-refractivity contribution in [2.45, 2.75) is 309 Å². The van der Waals surface area contributed by atoms with Gasteiger partial charge < -0.3 is 14.2 Å². The van der Waals surface area contributed by atoms with E-state index in [0.29, 0.717) is 25.9 Å². The zero-order valence-corrected chi connectivity index (χ0v) is 46.8. The van der Waals surface area contributed by atoms with Crippen LogP contribution < -0.4 is 0 Å². The van der Waals surface area contributed by atoms with Gasteiger partial charge in [0.1, 0.15) is 6.61 Å². The van der Waals surface area contributed by atoms with E-state index in [0.717, 1.165) is 64.2 Å². The molecule has 406 valence electrons. The number of carbonyl (C=O) groups excluding carboxylic acids is 2. The predicted octanol–water partition coefficient (Wildman–Crippen LogP) is 21.0. The highest BCUT2D eigenvalue weighted by atomic mass is 16.6. The van der Waals surface area contributed by atoms with Crippen molar-refractivity contribution >= 4 is 11.9 Å². The molecule has 0 N–H and O–H groups in total. The van der Waals surface area contributed by atoms with Crippen LogP contribution in [-0.4, -0.2) is 37.9 Å². The minimum absolute atomic E-state index is 0.0481. The monoisotopic (exact) mass is 977 g/mol. The molecule has 0 aliphatic carbocycles. The van der Waals surface area contributed by atoms with Gasteiger partial charge in [0.25, 0.3) is 0 Å². The molecule has 5 heteroatoms. The standard InChI is InChI=1S/C65H116O5/c1-4-7-10-13-16-19-22-25-28-31-33-35-37-40-43-46-49-52-55-58-64(66)69-62-63(61-68-60-57-54-51-48-45-42-39-30-27-24-21-18-15-12-9-6-3)70-65(67)59-56-53-50-47-44-41-38-36-34-32-29-26-23-20-17-14-11-8-5-2/h7,10,16,19,25,28,33,35,40,43,49,52,63H,4-6,8-9,11-15,17-18,20-24,26-27,29-32,34,36-39,41-42,44-48,50-51,53-62H2,1-3H3/b10-7-,19-16-,28-25-,35-33-,43-40-,52-49-. The largest absolute Gasteiger partial charge is 0.462 e. The first kappa shape index (κ1) is 67.3. The molecule has 0 saturated heterocycles. The van der Waals surface area contributed by atoms with Crippen LogP contribution >= 0.6 is 0 Å². The van der Waals surface area contributed by atoms with Crippen LogP contribution in [0.4, 0.5) is 0 Å². The maximum atomic E-state index is 12.9. The Morgan fingerprint density at radius 1 is 0.329 bits per heavy atom. The fraction of sp³-hybridized carbons (Fsp3) is 0.785. The molecular weight excluding hydrogens is 861 g/mol. The zero-order chi connectivity index (χ0) is 50.6. The van der Waals surface area contributed by atoms with Crippen LogP contribution in [-0.2, 0) is 23.8 Å². The number of hydrogen-bond acceptors (Lipinski definition) is 5. The summed E-state index contributed by atoms with van der Waals surface area (Å²) < 4.78 is 17.5. The summed E-state index contributed by atoms with van der Waals surface area (Å²) in [4.78, 5) is 25.5. The third kappa shape index (κ3) is 57.9. The first-order valence-corrected chi connectivity index (χ1v) is 30.5. The van der Waals surface area contributed by atoms with Gasteiger partial charge in [-0.15, -0.1) is 0 Å². The Bertz CT molecular complexity index is 1240. The molecule has 0 bridgehead atoms. The van der Waals surface area contributed by atoms with Gasteiger partial charge in [0.15, 0.2) is 6.10 Å². The van der Waals surface area contributed by atoms with Crippen molar-refractivity contribution in [1.29, 1.82) is 0 Å². The predicted molar refractivity (Wildman–Crippen MR) is 307 cm³/mol. The lowest BCUT2D eigenvalue weighted by Crippen LogP contribution is -2.30. The molecule has 1 atom stereocenters. The van der Waals surface area contributed by atoms with Crippen molar-refractivity contribution in [1.82, 2.24) is 0 Å². The molecule has 0 aromatic carbocycles. The average molecular weight is 978 g/mol. The van der Waals surface area contributed by atoms with Gasteiger partial charge in [-0.25, -0.2) is 0 Å². The maximum Gasteiger partial charge on any atom is 0.306 e. The lowest BCUT2D eigenvalue weighted by molar-refractivity contribution is -0.162. The summed E-state index contributed by atoms with van der Waals surface area (Å²) in [5.74, 6) is -0.478. The fourth-order valence-electron chi connectivity index (χ4n) is 8.77. The van der Waals surface area contributed by atoms with Crippen LogP contribution in [0.3, 0.4) is 0 Å². The number of esters is 2. The number of ether oxygens (including phenoxy) is 3. The Balaban J connectivity index is 4.34. The van der Waals surface area contributed by atoms with Gasteiger partial charge in [0, 0.05) is 19.4 Å². The molecular formula is C65H116O5. The summed E-state index contributed by atoms with van der Waals surface area (Å²) in [5, 5.41) is 0. The summed E-state index contributed by atoms with van der Waals surface area (Å²) in [7, 11) is 0. The van der Waals surface area contributed by atoms with E-state index in [9.17, 15) is 9.59 Å². The van der Waals surface area contributed by atoms with E-state index < -0.39 is 6.10 Å². The smallest absolute Gasteiger partial charge is 0.306 e. The highest BCUT2D eigenvalue weighted by Gasteiger charge is 2.17. The van der Waals surface area contributed by atoms with E-state index in [2.05, 4.69) is 87.6 Å². The minimum Gasteiger partial charge on any atom is -0.462 e. The Morgan fingerprint density at radius 3 is 1.00 bits per heavy atom. The van der Waals surface area contributed by atoms with E-state index in [4.69, 9.17) is 14.2 Å². The second-order valence-corrected chi connectivity index (χ2v) is 20.2. The van der Waals surface area contributed by atoms with E-state index >= 15 is 0 Å². The van der Waals surface area contributed by atoms with Crippen molar-refractivity contribution in [3.05, 3.63) is 72.9 Å². The third-order valence-electron chi connectivity index (χ3n) is 13.3. The molecule has 0 rings (SSSR count). The van der Waals surface area contributed by atoms with Gasteiger partial charge in [0.05, 0.1) is 6.61 Å². The summed E-state index contributed by atoms with van der Waals surface area (Å²) in [5.41, 5.74) is 0. The zero-order valence-electron chi connectivity index (χ0n) is 46.8. The second kappa shape index (κ2) is 60.6. The van der Waals surface area contributed by atoms with Crippen LogP contribution in [0.25, 0.3) is 0 Å². The lowest BCUT2D eigenvalue weighted by atomic mass is 10.0. The SMILES string of the molecule is CC/C=C\C/C=C\C/C=C\C/C=C\C/C=C\C/C=C\CCC(=O)OCC(COCCCCCCCCCCCCCCCCCC)OC(=O)CCCCCCCCCCCCCCCCCCCCC. The molecule has 5 nitrogen and oxygen atoms in total. The van der Waals surface area contributed by atoms with Gasteiger partial charge in [-0.3, -0.25) is 9.59 Å². The number of unbranched alkanes of at least 4 members (excludes halogenated alkanes) is 33. The molecule has 0 aliphatic heterocycles. The molecule has 0 aromatic rings. The first-order valence-electron chi connectivity index (χ1n) is 30.5. The van der Waals surface area contributed by atoms with Crippen molar-refractivity contribution < 1.29 is 23.8 Å². The summed E-state index contributed by atoms with van der Waals surface area (Å²) in [6.45, 7) is 7.69. The summed E-state index contributed by atoms with van der Waals surface area (Å²) in [6, 6.07) is 0. The van der Waals surface area contributed by atoms with E-state index in [1.165, 1.54) is 199 Å². The summed E-state index contributed by atoms with van der Waals surface area (Å²) in [6.07, 6.45) is 79.5. The highest BCUT2D eigenvalue weighted by molar-refractivity contribution is 5.70. The van der Waals surface area contributed by atoms with Crippen molar-refractivity contribution in [2.75, 3.05) is 19.8 Å². The average Bonchev–Trinajstić information content (AvgIpc) is 3.36. The Kier molecular flexibility index (Phi) is 58.3. The van der Waals surface area contributed by atoms with Crippen molar-refractivity contribution in [3.63, 3.8) is 0 Å². The highest BCUT2D eigenvalue weighted by Crippen LogP contribution is 2.17. The fourth-order valence-corrected chi connectivity index (χ4v) is 8.77. The van der Waals surface area contributed by atoms with Gasteiger partial charge in [-0.2, -0.15) is 0 Å². The number of allylic oxidation sites excluding steroid dienone is 12. The molecule has 0 aromatic heterocycles. The molecule has 1 unspecified atom stereocenters. The molecule has 0 amide bonds. The summed E-state index contributed by atoms with van der Waals surface area (Å²) >= 11 is 0.